The maximum atomic E-state index is 12.3. The van der Waals surface area contributed by atoms with E-state index in [2.05, 4.69) is 0 Å². The van der Waals surface area contributed by atoms with E-state index in [4.69, 9.17) is 0 Å². The molecule has 6 nitrogen and oxygen atoms in total. The quantitative estimate of drug-likeness (QED) is 0.902. The first kappa shape index (κ1) is 16.0. The number of carbonyl (C=O) groups excluding carboxylic acids is 3. The summed E-state index contributed by atoms with van der Waals surface area (Å²) in [5.41, 5.74) is 0.441. The average molecular weight is 304 g/mol. The molecule has 1 heterocycles. The third kappa shape index (κ3) is 4.07. The van der Waals surface area contributed by atoms with Crippen LogP contribution >= 0.6 is 0 Å². The van der Waals surface area contributed by atoms with Gasteiger partial charge in [0, 0.05) is 44.6 Å². The molecule has 2 amide bonds. The number of piperazine rings is 1. The van der Waals surface area contributed by atoms with Gasteiger partial charge in [0.1, 0.15) is 11.5 Å². The second kappa shape index (κ2) is 7.06. The highest BCUT2D eigenvalue weighted by molar-refractivity contribution is 5.94. The van der Waals surface area contributed by atoms with E-state index < -0.39 is 0 Å². The fourth-order valence-corrected chi connectivity index (χ4v) is 2.42. The van der Waals surface area contributed by atoms with Crippen LogP contribution in [0.4, 0.5) is 0 Å². The van der Waals surface area contributed by atoms with Crippen LogP contribution < -0.4 is 0 Å². The molecule has 0 aromatic heterocycles. The van der Waals surface area contributed by atoms with Gasteiger partial charge in [-0.1, -0.05) is 6.07 Å². The lowest BCUT2D eigenvalue weighted by Gasteiger charge is -2.34. The summed E-state index contributed by atoms with van der Waals surface area (Å²) in [6, 6.07) is 6.24. The Kier molecular flexibility index (Phi) is 5.14. The van der Waals surface area contributed by atoms with Crippen molar-refractivity contribution >= 4 is 17.6 Å². The molecule has 22 heavy (non-hydrogen) atoms. The lowest BCUT2D eigenvalue weighted by Crippen LogP contribution is -2.50. The molecular weight excluding hydrogens is 284 g/mol. The van der Waals surface area contributed by atoms with Crippen molar-refractivity contribution in [2.24, 2.45) is 0 Å². The molecule has 0 spiro atoms. The van der Waals surface area contributed by atoms with E-state index in [-0.39, 0.29) is 36.2 Å². The molecule has 1 N–H and O–H groups in total. The summed E-state index contributed by atoms with van der Waals surface area (Å²) >= 11 is 0. The van der Waals surface area contributed by atoms with Gasteiger partial charge >= 0.3 is 0 Å². The predicted octanol–water partition coefficient (Wildman–Crippen LogP) is 1.05. The lowest BCUT2D eigenvalue weighted by atomic mass is 10.1. The van der Waals surface area contributed by atoms with Crippen LogP contribution in [0.15, 0.2) is 24.3 Å². The zero-order valence-electron chi connectivity index (χ0n) is 12.6. The van der Waals surface area contributed by atoms with Gasteiger partial charge in [-0.05, 0) is 25.1 Å². The van der Waals surface area contributed by atoms with Crippen LogP contribution in [-0.2, 0) is 9.59 Å². The van der Waals surface area contributed by atoms with Crippen molar-refractivity contribution in [2.75, 3.05) is 26.2 Å². The van der Waals surface area contributed by atoms with Gasteiger partial charge in [-0.2, -0.15) is 0 Å². The molecule has 0 unspecified atom stereocenters. The first-order valence-electron chi connectivity index (χ1n) is 7.33. The number of carbonyl (C=O) groups is 3. The number of nitrogens with zero attached hydrogens (tertiary/aromatic N) is 2. The number of phenolic OH excluding ortho intramolecular Hbond substituents is 1. The predicted molar refractivity (Wildman–Crippen MR) is 80.5 cm³/mol. The van der Waals surface area contributed by atoms with Gasteiger partial charge in [0.15, 0.2) is 0 Å². The Morgan fingerprint density at radius 1 is 1.05 bits per heavy atom. The number of ketones is 1. The summed E-state index contributed by atoms with van der Waals surface area (Å²) in [5, 5.41) is 9.43. The van der Waals surface area contributed by atoms with Crippen molar-refractivity contribution in [3.05, 3.63) is 29.8 Å². The molecular formula is C16H20N2O4. The molecule has 1 aliphatic heterocycles. The van der Waals surface area contributed by atoms with Crippen LogP contribution in [0.25, 0.3) is 0 Å². The molecule has 1 fully saturated rings. The smallest absolute Gasteiger partial charge is 0.254 e. The van der Waals surface area contributed by atoms with Gasteiger partial charge in [-0.25, -0.2) is 0 Å². The van der Waals surface area contributed by atoms with E-state index in [1.54, 1.807) is 21.9 Å². The van der Waals surface area contributed by atoms with Crippen LogP contribution in [0.2, 0.25) is 0 Å². The zero-order chi connectivity index (χ0) is 16.1. The minimum Gasteiger partial charge on any atom is -0.508 e. The summed E-state index contributed by atoms with van der Waals surface area (Å²) in [4.78, 5) is 38.5. The largest absolute Gasteiger partial charge is 0.508 e. The Morgan fingerprint density at radius 2 is 1.68 bits per heavy atom. The van der Waals surface area contributed by atoms with Gasteiger partial charge < -0.3 is 19.7 Å². The van der Waals surface area contributed by atoms with Crippen LogP contribution in [0, 0.1) is 0 Å². The van der Waals surface area contributed by atoms with Crippen LogP contribution in [0.5, 0.6) is 5.75 Å². The number of benzene rings is 1. The van der Waals surface area contributed by atoms with E-state index in [0.717, 1.165) is 0 Å². The number of hydrogen-bond donors (Lipinski definition) is 1. The first-order valence-corrected chi connectivity index (χ1v) is 7.33. The van der Waals surface area contributed by atoms with Crippen LogP contribution in [0.3, 0.4) is 0 Å². The van der Waals surface area contributed by atoms with Gasteiger partial charge in [-0.15, -0.1) is 0 Å². The van der Waals surface area contributed by atoms with E-state index in [0.29, 0.717) is 31.7 Å². The molecule has 0 bridgehead atoms. The van der Waals surface area contributed by atoms with Crippen molar-refractivity contribution in [2.45, 2.75) is 19.8 Å². The minimum atomic E-state index is -0.147. The Hall–Kier alpha value is -2.37. The number of amides is 2. The topological polar surface area (TPSA) is 77.9 Å². The van der Waals surface area contributed by atoms with Crippen molar-refractivity contribution in [1.82, 2.24) is 9.80 Å². The second-order valence-electron chi connectivity index (χ2n) is 5.43. The fourth-order valence-electron chi connectivity index (χ4n) is 2.42. The minimum absolute atomic E-state index is 0.00560. The van der Waals surface area contributed by atoms with Crippen molar-refractivity contribution in [3.63, 3.8) is 0 Å². The van der Waals surface area contributed by atoms with Crippen molar-refractivity contribution in [3.8, 4) is 5.75 Å². The highest BCUT2D eigenvalue weighted by Crippen LogP contribution is 2.14. The van der Waals surface area contributed by atoms with Gasteiger partial charge in [0.05, 0.1) is 0 Å². The molecule has 1 saturated heterocycles. The van der Waals surface area contributed by atoms with Gasteiger partial charge in [-0.3, -0.25) is 9.59 Å². The summed E-state index contributed by atoms with van der Waals surface area (Å²) < 4.78 is 0. The third-order valence-electron chi connectivity index (χ3n) is 3.70. The Morgan fingerprint density at radius 3 is 2.27 bits per heavy atom. The van der Waals surface area contributed by atoms with Crippen LogP contribution in [-0.4, -0.2) is 58.7 Å². The monoisotopic (exact) mass is 304 g/mol. The zero-order valence-corrected chi connectivity index (χ0v) is 12.6. The summed E-state index contributed by atoms with van der Waals surface area (Å²) in [6.07, 6.45) is 0.497. The second-order valence-corrected chi connectivity index (χ2v) is 5.43. The lowest BCUT2D eigenvalue weighted by molar-refractivity contribution is -0.134. The molecule has 6 heteroatoms. The molecule has 1 aliphatic rings. The molecule has 0 atom stereocenters. The van der Waals surface area contributed by atoms with E-state index in [1.807, 2.05) is 0 Å². The fraction of sp³-hybridized carbons (Fsp3) is 0.438. The molecule has 1 aromatic rings. The number of phenols is 1. The first-order chi connectivity index (χ1) is 10.5. The number of hydrogen-bond acceptors (Lipinski definition) is 4. The third-order valence-corrected chi connectivity index (χ3v) is 3.70. The average Bonchev–Trinajstić information content (AvgIpc) is 2.52. The maximum Gasteiger partial charge on any atom is 0.254 e. The molecule has 1 aromatic carbocycles. The SMILES string of the molecule is CC(=O)CCC(=O)N1CCN(C(=O)c2cccc(O)c2)CC1. The van der Waals surface area contributed by atoms with Crippen molar-refractivity contribution in [1.29, 1.82) is 0 Å². The summed E-state index contributed by atoms with van der Waals surface area (Å²) in [6.45, 7) is 3.34. The van der Waals surface area contributed by atoms with E-state index in [1.165, 1.54) is 19.1 Å². The number of aromatic hydroxyl groups is 1. The molecule has 118 valence electrons. The summed E-state index contributed by atoms with van der Waals surface area (Å²) in [7, 11) is 0. The Labute approximate surface area is 129 Å². The molecule has 2 rings (SSSR count). The standard InChI is InChI=1S/C16H20N2O4/c1-12(19)5-6-15(21)17-7-9-18(10-8-17)16(22)13-3-2-4-14(20)11-13/h2-4,11,20H,5-10H2,1H3. The molecule has 0 radical (unpaired) electrons. The summed E-state index contributed by atoms with van der Waals surface area (Å²) in [5.74, 6) is -0.124. The van der Waals surface area contributed by atoms with E-state index in [9.17, 15) is 19.5 Å². The van der Waals surface area contributed by atoms with Crippen LogP contribution in [0.1, 0.15) is 30.1 Å². The maximum absolute atomic E-state index is 12.3. The number of Topliss-reactive ketones (excluding diaryl/α,β-unsaturated/α-hetero) is 1. The molecule has 0 saturated carbocycles. The highest BCUT2D eigenvalue weighted by atomic mass is 16.3. The Balaban J connectivity index is 1.88. The number of rotatable bonds is 4. The Bertz CT molecular complexity index is 577. The van der Waals surface area contributed by atoms with Gasteiger partial charge in [0.25, 0.3) is 5.91 Å². The normalized spacial score (nSPS) is 14.8. The highest BCUT2D eigenvalue weighted by Gasteiger charge is 2.24. The molecule has 0 aliphatic carbocycles. The van der Waals surface area contributed by atoms with Crippen molar-refractivity contribution < 1.29 is 19.5 Å². The van der Waals surface area contributed by atoms with E-state index >= 15 is 0 Å². The van der Waals surface area contributed by atoms with Gasteiger partial charge in [0.2, 0.25) is 5.91 Å².